The van der Waals surface area contributed by atoms with Gasteiger partial charge in [-0.1, -0.05) is 12.1 Å². The Bertz CT molecular complexity index is 494. The zero-order valence-corrected chi connectivity index (χ0v) is 11.9. The fourth-order valence-corrected chi connectivity index (χ4v) is 4.15. The van der Waals surface area contributed by atoms with Crippen molar-refractivity contribution in [2.75, 3.05) is 0 Å². The maximum atomic E-state index is 12.3. The minimum Gasteiger partial charge on any atom is -0.360 e. The molecule has 6 heteroatoms. The van der Waals surface area contributed by atoms with Crippen molar-refractivity contribution in [1.82, 2.24) is 9.88 Å². The van der Waals surface area contributed by atoms with E-state index in [1.165, 1.54) is 0 Å². The second-order valence-corrected chi connectivity index (χ2v) is 6.88. The van der Waals surface area contributed by atoms with Crippen LogP contribution in [0.4, 0.5) is 0 Å². The third kappa shape index (κ3) is 2.75. The minimum atomic E-state index is -3.50. The second kappa shape index (κ2) is 5.01. The molecule has 1 aliphatic rings. The van der Waals surface area contributed by atoms with E-state index >= 15 is 0 Å². The first kappa shape index (κ1) is 13.5. The average Bonchev–Trinajstić information content (AvgIpc) is 2.62. The molecule has 0 unspecified atom stereocenters. The van der Waals surface area contributed by atoms with Crippen molar-refractivity contribution in [2.24, 2.45) is 5.92 Å². The largest absolute Gasteiger partial charge is 0.360 e. The summed E-state index contributed by atoms with van der Waals surface area (Å²) in [5.41, 5.74) is 0.421. The summed E-state index contributed by atoms with van der Waals surface area (Å²) in [6.07, 6.45) is 3.97. The van der Waals surface area contributed by atoms with Crippen LogP contribution in [0.15, 0.2) is 9.42 Å². The number of rotatable bonds is 3. The lowest BCUT2D eigenvalue weighted by Gasteiger charge is -2.26. The Morgan fingerprint density at radius 3 is 2.33 bits per heavy atom. The van der Waals surface area contributed by atoms with E-state index in [-0.39, 0.29) is 10.9 Å². The normalized spacial score (nSPS) is 25.3. The summed E-state index contributed by atoms with van der Waals surface area (Å²) in [4.78, 5) is 0.195. The first-order valence-corrected chi connectivity index (χ1v) is 7.83. The van der Waals surface area contributed by atoms with Gasteiger partial charge in [-0.2, -0.15) is 0 Å². The fraction of sp³-hybridized carbons (Fsp3) is 0.750. The second-order valence-electron chi connectivity index (χ2n) is 5.23. The molecule has 1 heterocycles. The molecule has 0 aliphatic heterocycles. The average molecular weight is 272 g/mol. The Hall–Kier alpha value is -0.880. The number of sulfonamides is 1. The van der Waals surface area contributed by atoms with Gasteiger partial charge in [-0.15, -0.1) is 0 Å². The van der Waals surface area contributed by atoms with Crippen LogP contribution >= 0.6 is 0 Å². The summed E-state index contributed by atoms with van der Waals surface area (Å²) >= 11 is 0. The van der Waals surface area contributed by atoms with E-state index in [4.69, 9.17) is 4.52 Å². The third-order valence-electron chi connectivity index (χ3n) is 3.57. The molecule has 5 nitrogen and oxygen atoms in total. The summed E-state index contributed by atoms with van der Waals surface area (Å²) in [7, 11) is -3.50. The van der Waals surface area contributed by atoms with Crippen molar-refractivity contribution >= 4 is 10.0 Å². The molecular formula is C12H20N2O3S. The van der Waals surface area contributed by atoms with Crippen LogP contribution in [0.2, 0.25) is 0 Å². The van der Waals surface area contributed by atoms with Crippen LogP contribution in [0.1, 0.15) is 44.1 Å². The van der Waals surface area contributed by atoms with Gasteiger partial charge in [0.15, 0.2) is 5.76 Å². The van der Waals surface area contributed by atoms with Crippen LogP contribution in [0, 0.1) is 19.8 Å². The van der Waals surface area contributed by atoms with Gasteiger partial charge in [-0.25, -0.2) is 13.1 Å². The zero-order valence-electron chi connectivity index (χ0n) is 11.1. The highest BCUT2D eigenvalue weighted by Crippen LogP contribution is 2.26. The van der Waals surface area contributed by atoms with Crippen LogP contribution in [-0.2, 0) is 10.0 Å². The van der Waals surface area contributed by atoms with Crippen molar-refractivity contribution in [3.8, 4) is 0 Å². The van der Waals surface area contributed by atoms with Crippen molar-refractivity contribution in [2.45, 2.75) is 57.4 Å². The summed E-state index contributed by atoms with van der Waals surface area (Å²) in [6, 6.07) is 0.0416. The molecule has 102 valence electrons. The first-order valence-electron chi connectivity index (χ1n) is 6.35. The molecule has 0 aromatic carbocycles. The van der Waals surface area contributed by atoms with Gasteiger partial charge in [0.05, 0.1) is 0 Å². The molecule has 0 radical (unpaired) electrons. The predicted molar refractivity (Wildman–Crippen MR) is 67.7 cm³/mol. The molecular weight excluding hydrogens is 252 g/mol. The number of hydrogen-bond acceptors (Lipinski definition) is 4. The standard InChI is InChI=1S/C12H20N2O3S/c1-8-4-6-11(7-5-8)14-18(15,16)12-9(2)13-17-10(12)3/h8,11,14H,4-7H2,1-3H3. The summed E-state index contributed by atoms with van der Waals surface area (Å²) in [6.45, 7) is 5.48. The minimum absolute atomic E-state index is 0.0416. The zero-order chi connectivity index (χ0) is 13.3. The molecule has 1 N–H and O–H groups in total. The number of nitrogens with one attached hydrogen (secondary N) is 1. The van der Waals surface area contributed by atoms with Crippen molar-refractivity contribution in [1.29, 1.82) is 0 Å². The molecule has 1 aliphatic carbocycles. The van der Waals surface area contributed by atoms with Gasteiger partial charge in [-0.05, 0) is 45.4 Å². The Morgan fingerprint density at radius 1 is 1.22 bits per heavy atom. The van der Waals surface area contributed by atoms with E-state index in [9.17, 15) is 8.42 Å². The van der Waals surface area contributed by atoms with Crippen LogP contribution < -0.4 is 4.72 Å². The Balaban J connectivity index is 2.13. The van der Waals surface area contributed by atoms with E-state index in [2.05, 4.69) is 16.8 Å². The number of hydrogen-bond donors (Lipinski definition) is 1. The lowest BCUT2D eigenvalue weighted by Crippen LogP contribution is -2.37. The van der Waals surface area contributed by atoms with Crippen molar-refractivity contribution in [3.63, 3.8) is 0 Å². The van der Waals surface area contributed by atoms with Crippen LogP contribution in [0.5, 0.6) is 0 Å². The quantitative estimate of drug-likeness (QED) is 0.915. The number of aryl methyl sites for hydroxylation is 2. The van der Waals surface area contributed by atoms with Gasteiger partial charge in [0.25, 0.3) is 0 Å². The molecule has 2 rings (SSSR count). The number of aromatic nitrogens is 1. The Morgan fingerprint density at radius 2 is 1.83 bits per heavy atom. The molecule has 0 amide bonds. The fourth-order valence-electron chi connectivity index (χ4n) is 2.51. The molecule has 0 spiro atoms. The molecule has 0 bridgehead atoms. The summed E-state index contributed by atoms with van der Waals surface area (Å²) in [5, 5.41) is 3.69. The van der Waals surface area contributed by atoms with Gasteiger partial charge < -0.3 is 4.52 Å². The topological polar surface area (TPSA) is 72.2 Å². The Labute approximate surface area is 108 Å². The predicted octanol–water partition coefficient (Wildman–Crippen LogP) is 2.15. The first-order chi connectivity index (χ1) is 8.40. The highest BCUT2D eigenvalue weighted by molar-refractivity contribution is 7.89. The summed E-state index contributed by atoms with van der Waals surface area (Å²) in [5.74, 6) is 1.05. The van der Waals surface area contributed by atoms with Crippen LogP contribution in [-0.4, -0.2) is 19.6 Å². The highest BCUT2D eigenvalue weighted by Gasteiger charge is 2.28. The van der Waals surface area contributed by atoms with Gasteiger partial charge in [0.2, 0.25) is 10.0 Å². The maximum Gasteiger partial charge on any atom is 0.246 e. The summed E-state index contributed by atoms with van der Waals surface area (Å²) < 4.78 is 32.2. The lowest BCUT2D eigenvalue weighted by molar-refractivity contribution is 0.332. The van der Waals surface area contributed by atoms with Gasteiger partial charge in [0.1, 0.15) is 10.6 Å². The Kier molecular flexibility index (Phi) is 3.77. The van der Waals surface area contributed by atoms with E-state index in [0.29, 0.717) is 17.4 Å². The molecule has 0 atom stereocenters. The van der Waals surface area contributed by atoms with Crippen LogP contribution in [0.25, 0.3) is 0 Å². The van der Waals surface area contributed by atoms with Gasteiger partial charge >= 0.3 is 0 Å². The van der Waals surface area contributed by atoms with Crippen molar-refractivity contribution in [3.05, 3.63) is 11.5 Å². The smallest absolute Gasteiger partial charge is 0.246 e. The molecule has 1 fully saturated rings. The monoisotopic (exact) mass is 272 g/mol. The molecule has 1 aromatic heterocycles. The van der Waals surface area contributed by atoms with E-state index in [1.54, 1.807) is 13.8 Å². The van der Waals surface area contributed by atoms with E-state index in [1.807, 2.05) is 0 Å². The molecule has 0 saturated heterocycles. The van der Waals surface area contributed by atoms with E-state index < -0.39 is 10.0 Å². The molecule has 1 aromatic rings. The third-order valence-corrected chi connectivity index (χ3v) is 5.34. The lowest BCUT2D eigenvalue weighted by atomic mass is 9.88. The van der Waals surface area contributed by atoms with Gasteiger partial charge in [0, 0.05) is 6.04 Å². The van der Waals surface area contributed by atoms with Crippen molar-refractivity contribution < 1.29 is 12.9 Å². The SMILES string of the molecule is Cc1noc(C)c1S(=O)(=O)NC1CCC(C)CC1. The van der Waals surface area contributed by atoms with Crippen LogP contribution in [0.3, 0.4) is 0 Å². The molecule has 18 heavy (non-hydrogen) atoms. The molecule has 1 saturated carbocycles. The maximum absolute atomic E-state index is 12.3. The number of nitrogens with zero attached hydrogens (tertiary/aromatic N) is 1. The van der Waals surface area contributed by atoms with Gasteiger partial charge in [-0.3, -0.25) is 0 Å². The van der Waals surface area contributed by atoms with E-state index in [0.717, 1.165) is 25.7 Å². The highest BCUT2D eigenvalue weighted by atomic mass is 32.2.